The van der Waals surface area contributed by atoms with Gasteiger partial charge in [0.1, 0.15) is 0 Å². The highest BCUT2D eigenvalue weighted by Gasteiger charge is 2.17. The van der Waals surface area contributed by atoms with Crippen molar-refractivity contribution in [3.05, 3.63) is 71.5 Å². The highest BCUT2D eigenvalue weighted by atomic mass is 32.1. The number of fused-ring (bicyclic) bond motifs is 1. The maximum absolute atomic E-state index is 12.2. The van der Waals surface area contributed by atoms with Crippen LogP contribution in [0.1, 0.15) is 21.7 Å². The number of carbonyl (C=O) groups excluding carboxylic acids is 2. The first-order chi connectivity index (χ1) is 14.0. The van der Waals surface area contributed by atoms with Crippen molar-refractivity contribution in [2.75, 3.05) is 11.9 Å². The summed E-state index contributed by atoms with van der Waals surface area (Å²) in [6.07, 6.45) is 0. The number of rotatable bonds is 5. The highest BCUT2D eigenvalue weighted by molar-refractivity contribution is 7.21. The van der Waals surface area contributed by atoms with E-state index in [0.29, 0.717) is 10.8 Å². The van der Waals surface area contributed by atoms with Crippen LogP contribution in [-0.2, 0) is 9.53 Å². The van der Waals surface area contributed by atoms with E-state index in [1.807, 2.05) is 56.3 Å². The molecule has 0 fully saturated rings. The van der Waals surface area contributed by atoms with Gasteiger partial charge in [0.15, 0.2) is 17.4 Å². The zero-order chi connectivity index (χ0) is 20.4. The number of hydrogen-bond acceptors (Lipinski definition) is 6. The Balaban J connectivity index is 1.40. The summed E-state index contributed by atoms with van der Waals surface area (Å²) in [5.74, 6) is -0.597. The van der Waals surface area contributed by atoms with Crippen molar-refractivity contribution in [1.82, 2.24) is 4.98 Å². The summed E-state index contributed by atoms with van der Waals surface area (Å²) in [5.41, 5.74) is 3.48. The number of ether oxygens (including phenoxy) is 1. The molecule has 0 saturated heterocycles. The van der Waals surface area contributed by atoms with Gasteiger partial charge in [0, 0.05) is 5.69 Å². The van der Waals surface area contributed by atoms with Crippen LogP contribution in [0.2, 0.25) is 0 Å². The molecule has 0 atom stereocenters. The standard InChI is InChI=1S/C22H18N2O4S/c1-13-6-5-7-14(2)20(13)24-19(25)12-27-22(26)17-11-10-16(28-17)21-23-15-8-3-4-9-18(15)29-21/h3-11H,12H2,1-2H3,(H,24,25). The Morgan fingerprint density at radius 3 is 2.55 bits per heavy atom. The van der Waals surface area contributed by atoms with Crippen LogP contribution >= 0.6 is 11.3 Å². The van der Waals surface area contributed by atoms with Crippen molar-refractivity contribution >= 4 is 39.1 Å². The molecule has 7 heteroatoms. The first-order valence-electron chi connectivity index (χ1n) is 9.00. The van der Waals surface area contributed by atoms with Crippen LogP contribution in [-0.4, -0.2) is 23.5 Å². The molecule has 146 valence electrons. The van der Waals surface area contributed by atoms with Crippen molar-refractivity contribution in [1.29, 1.82) is 0 Å². The smallest absolute Gasteiger partial charge is 0.374 e. The molecule has 1 amide bonds. The van der Waals surface area contributed by atoms with E-state index in [9.17, 15) is 9.59 Å². The minimum atomic E-state index is -0.700. The molecule has 6 nitrogen and oxygen atoms in total. The summed E-state index contributed by atoms with van der Waals surface area (Å²) in [7, 11) is 0. The van der Waals surface area contributed by atoms with Gasteiger partial charge in [-0.15, -0.1) is 11.3 Å². The lowest BCUT2D eigenvalue weighted by Gasteiger charge is -2.11. The van der Waals surface area contributed by atoms with Gasteiger partial charge < -0.3 is 14.5 Å². The van der Waals surface area contributed by atoms with Crippen LogP contribution in [0.3, 0.4) is 0 Å². The third-order valence-electron chi connectivity index (χ3n) is 4.39. The minimum absolute atomic E-state index is 0.0270. The third kappa shape index (κ3) is 4.05. The molecule has 0 aliphatic carbocycles. The summed E-state index contributed by atoms with van der Waals surface area (Å²) in [6, 6.07) is 16.7. The molecule has 0 unspecified atom stereocenters. The first kappa shape index (κ1) is 18.9. The SMILES string of the molecule is Cc1cccc(C)c1NC(=O)COC(=O)c1ccc(-c2nc3ccccc3s2)o1. The number of amides is 1. The molecule has 4 rings (SSSR count). The number of hydrogen-bond donors (Lipinski definition) is 1. The second kappa shape index (κ2) is 7.89. The number of anilines is 1. The maximum Gasteiger partial charge on any atom is 0.374 e. The zero-order valence-corrected chi connectivity index (χ0v) is 16.7. The molecule has 0 spiro atoms. The van der Waals surface area contributed by atoms with Gasteiger partial charge in [0.05, 0.1) is 10.2 Å². The van der Waals surface area contributed by atoms with Gasteiger partial charge in [-0.3, -0.25) is 4.79 Å². The summed E-state index contributed by atoms with van der Waals surface area (Å²) in [5, 5.41) is 3.45. The number of carbonyl (C=O) groups is 2. The topological polar surface area (TPSA) is 81.4 Å². The van der Waals surface area contributed by atoms with Gasteiger partial charge in [-0.2, -0.15) is 0 Å². The molecular weight excluding hydrogens is 388 g/mol. The van der Waals surface area contributed by atoms with E-state index in [0.717, 1.165) is 27.0 Å². The third-order valence-corrected chi connectivity index (χ3v) is 5.44. The van der Waals surface area contributed by atoms with Crippen molar-refractivity contribution in [3.63, 3.8) is 0 Å². The molecule has 0 radical (unpaired) electrons. The fraction of sp³-hybridized carbons (Fsp3) is 0.136. The second-order valence-electron chi connectivity index (χ2n) is 6.54. The average molecular weight is 406 g/mol. The van der Waals surface area contributed by atoms with Crippen LogP contribution in [0.25, 0.3) is 21.0 Å². The molecule has 1 N–H and O–H groups in total. The van der Waals surface area contributed by atoms with Crippen molar-refractivity contribution in [2.24, 2.45) is 0 Å². The Bertz CT molecular complexity index is 1160. The van der Waals surface area contributed by atoms with E-state index < -0.39 is 18.5 Å². The molecule has 0 aliphatic heterocycles. The lowest BCUT2D eigenvalue weighted by Crippen LogP contribution is -2.21. The second-order valence-corrected chi connectivity index (χ2v) is 7.57. The van der Waals surface area contributed by atoms with Gasteiger partial charge in [0.25, 0.3) is 5.91 Å². The Labute approximate surface area is 171 Å². The van der Waals surface area contributed by atoms with Gasteiger partial charge in [0.2, 0.25) is 5.76 Å². The van der Waals surface area contributed by atoms with Crippen molar-refractivity contribution in [3.8, 4) is 10.8 Å². The van der Waals surface area contributed by atoms with Crippen LogP contribution in [0.5, 0.6) is 0 Å². The normalized spacial score (nSPS) is 10.8. The number of nitrogens with one attached hydrogen (secondary N) is 1. The van der Waals surface area contributed by atoms with Gasteiger partial charge in [-0.1, -0.05) is 30.3 Å². The molecule has 2 aromatic carbocycles. The number of nitrogens with zero attached hydrogens (tertiary/aromatic N) is 1. The Morgan fingerprint density at radius 2 is 1.79 bits per heavy atom. The fourth-order valence-corrected chi connectivity index (χ4v) is 3.86. The number of para-hydroxylation sites is 2. The quantitative estimate of drug-likeness (QED) is 0.473. The predicted octanol–water partition coefficient (Wildman–Crippen LogP) is 4.97. The fourth-order valence-electron chi connectivity index (χ4n) is 2.93. The summed E-state index contributed by atoms with van der Waals surface area (Å²) in [4.78, 5) is 28.9. The first-order valence-corrected chi connectivity index (χ1v) is 9.82. The van der Waals surface area contributed by atoms with Gasteiger partial charge >= 0.3 is 5.97 Å². The lowest BCUT2D eigenvalue weighted by molar-refractivity contribution is -0.119. The van der Waals surface area contributed by atoms with E-state index in [1.165, 1.54) is 17.4 Å². The molecule has 2 heterocycles. The van der Waals surface area contributed by atoms with Crippen LogP contribution < -0.4 is 5.32 Å². The van der Waals surface area contributed by atoms with Crippen molar-refractivity contribution in [2.45, 2.75) is 13.8 Å². The zero-order valence-electron chi connectivity index (χ0n) is 15.9. The molecule has 4 aromatic rings. The molecule has 0 bridgehead atoms. The largest absolute Gasteiger partial charge is 0.450 e. The Kier molecular flexibility index (Phi) is 5.14. The monoisotopic (exact) mass is 406 g/mol. The number of aryl methyl sites for hydroxylation is 2. The molecule has 29 heavy (non-hydrogen) atoms. The van der Waals surface area contributed by atoms with E-state index in [1.54, 1.807) is 6.07 Å². The Hall–Kier alpha value is -3.45. The van der Waals surface area contributed by atoms with E-state index >= 15 is 0 Å². The van der Waals surface area contributed by atoms with Gasteiger partial charge in [-0.05, 0) is 49.2 Å². The Morgan fingerprint density at radius 1 is 1.03 bits per heavy atom. The number of aromatic nitrogens is 1. The van der Waals surface area contributed by atoms with E-state index in [-0.39, 0.29) is 5.76 Å². The summed E-state index contributed by atoms with van der Waals surface area (Å²) < 4.78 is 11.7. The van der Waals surface area contributed by atoms with E-state index in [2.05, 4.69) is 10.3 Å². The molecular formula is C22H18N2O4S. The van der Waals surface area contributed by atoms with E-state index in [4.69, 9.17) is 9.15 Å². The molecule has 2 aromatic heterocycles. The summed E-state index contributed by atoms with van der Waals surface area (Å²) in [6.45, 7) is 3.41. The number of benzene rings is 2. The van der Waals surface area contributed by atoms with Gasteiger partial charge in [-0.25, -0.2) is 9.78 Å². The van der Waals surface area contributed by atoms with Crippen LogP contribution in [0, 0.1) is 13.8 Å². The lowest BCUT2D eigenvalue weighted by atomic mass is 10.1. The van der Waals surface area contributed by atoms with Crippen molar-refractivity contribution < 1.29 is 18.7 Å². The molecule has 0 aliphatic rings. The molecule has 0 saturated carbocycles. The predicted molar refractivity (Wildman–Crippen MR) is 112 cm³/mol. The minimum Gasteiger partial charge on any atom is -0.450 e. The average Bonchev–Trinajstić information content (AvgIpc) is 3.36. The number of furan rings is 1. The number of esters is 1. The summed E-state index contributed by atoms with van der Waals surface area (Å²) >= 11 is 1.48. The highest BCUT2D eigenvalue weighted by Crippen LogP contribution is 2.31. The van der Waals surface area contributed by atoms with Crippen LogP contribution in [0.4, 0.5) is 5.69 Å². The number of thiazole rings is 1. The van der Waals surface area contributed by atoms with Crippen LogP contribution in [0.15, 0.2) is 59.0 Å². The maximum atomic E-state index is 12.2.